The van der Waals surface area contributed by atoms with Crippen LogP contribution in [0.5, 0.6) is 0 Å². The second-order valence-corrected chi connectivity index (χ2v) is 5.58. The van der Waals surface area contributed by atoms with Crippen molar-refractivity contribution in [3.63, 3.8) is 0 Å². The second-order valence-electron chi connectivity index (χ2n) is 4.61. The van der Waals surface area contributed by atoms with Crippen LogP contribution in [-0.2, 0) is 6.54 Å². The summed E-state index contributed by atoms with van der Waals surface area (Å²) >= 11 is 1.79. The van der Waals surface area contributed by atoms with Crippen LogP contribution in [0, 0.1) is 11.8 Å². The van der Waals surface area contributed by atoms with Gasteiger partial charge in [-0.2, -0.15) is 0 Å². The number of likely N-dealkylation sites (tertiary alicyclic amines) is 1. The van der Waals surface area contributed by atoms with Crippen LogP contribution in [0.15, 0.2) is 11.7 Å². The molecule has 2 fully saturated rings. The highest BCUT2D eigenvalue weighted by atomic mass is 32.1. The summed E-state index contributed by atoms with van der Waals surface area (Å²) in [6, 6.07) is 0. The molecule has 1 aliphatic carbocycles. The maximum Gasteiger partial charge on any atom is 0.0794 e. The lowest BCUT2D eigenvalue weighted by molar-refractivity contribution is 0.306. The molecule has 0 bridgehead atoms. The summed E-state index contributed by atoms with van der Waals surface area (Å²) in [5.41, 5.74) is 1.94. The molecule has 0 aromatic carbocycles. The SMILES string of the molecule is c1ncc(CN2CC3CCCC3C2)s1. The maximum absolute atomic E-state index is 4.13. The minimum absolute atomic E-state index is 1.02. The molecule has 14 heavy (non-hydrogen) atoms. The molecule has 1 aliphatic heterocycles. The molecule has 3 rings (SSSR count). The Kier molecular flexibility index (Phi) is 2.30. The van der Waals surface area contributed by atoms with Crippen molar-refractivity contribution in [2.75, 3.05) is 13.1 Å². The number of rotatable bonds is 2. The number of hydrogen-bond acceptors (Lipinski definition) is 3. The summed E-state index contributed by atoms with van der Waals surface area (Å²) in [6.07, 6.45) is 6.44. The quantitative estimate of drug-likeness (QED) is 0.742. The highest BCUT2D eigenvalue weighted by Gasteiger charge is 2.35. The molecule has 0 spiro atoms. The summed E-state index contributed by atoms with van der Waals surface area (Å²) in [4.78, 5) is 8.16. The average Bonchev–Trinajstić information content (AvgIpc) is 2.78. The Bertz CT molecular complexity index is 284. The lowest BCUT2D eigenvalue weighted by Gasteiger charge is -2.14. The lowest BCUT2D eigenvalue weighted by Crippen LogP contribution is -2.20. The molecule has 2 heterocycles. The summed E-state index contributed by atoms with van der Waals surface area (Å²) < 4.78 is 0. The van der Waals surface area contributed by atoms with Crippen molar-refractivity contribution < 1.29 is 0 Å². The van der Waals surface area contributed by atoms with Crippen molar-refractivity contribution in [2.45, 2.75) is 25.8 Å². The first-order valence-corrected chi connectivity index (χ1v) is 6.39. The smallest absolute Gasteiger partial charge is 0.0794 e. The third kappa shape index (κ3) is 1.59. The third-order valence-electron chi connectivity index (χ3n) is 3.66. The van der Waals surface area contributed by atoms with E-state index >= 15 is 0 Å². The van der Waals surface area contributed by atoms with Gasteiger partial charge < -0.3 is 0 Å². The van der Waals surface area contributed by atoms with Gasteiger partial charge in [0.2, 0.25) is 0 Å². The molecule has 1 aromatic heterocycles. The first kappa shape index (κ1) is 8.86. The van der Waals surface area contributed by atoms with Crippen LogP contribution in [0.2, 0.25) is 0 Å². The molecule has 1 saturated carbocycles. The highest BCUT2D eigenvalue weighted by molar-refractivity contribution is 7.09. The Hall–Kier alpha value is -0.410. The molecule has 2 unspecified atom stereocenters. The van der Waals surface area contributed by atoms with Gasteiger partial charge in [0.25, 0.3) is 0 Å². The molecule has 2 nitrogen and oxygen atoms in total. The second kappa shape index (κ2) is 3.63. The van der Waals surface area contributed by atoms with E-state index < -0.39 is 0 Å². The van der Waals surface area contributed by atoms with Crippen LogP contribution in [0.3, 0.4) is 0 Å². The molecule has 2 aliphatic rings. The predicted octanol–water partition coefficient (Wildman–Crippen LogP) is 2.38. The molecule has 76 valence electrons. The Labute approximate surface area is 89.0 Å². The minimum atomic E-state index is 1.02. The maximum atomic E-state index is 4.13. The van der Waals surface area contributed by atoms with Gasteiger partial charge in [0.05, 0.1) is 5.51 Å². The van der Waals surface area contributed by atoms with Crippen LogP contribution in [0.1, 0.15) is 24.1 Å². The molecule has 0 radical (unpaired) electrons. The largest absolute Gasteiger partial charge is 0.298 e. The van der Waals surface area contributed by atoms with Crippen LogP contribution < -0.4 is 0 Å². The van der Waals surface area contributed by atoms with Crippen LogP contribution >= 0.6 is 11.3 Å². The van der Waals surface area contributed by atoms with Crippen LogP contribution in [0.4, 0.5) is 0 Å². The number of aromatic nitrogens is 1. The molecule has 2 atom stereocenters. The van der Waals surface area contributed by atoms with Crippen LogP contribution in [-0.4, -0.2) is 23.0 Å². The number of fused-ring (bicyclic) bond motifs is 1. The number of thiazole rings is 1. The predicted molar refractivity (Wildman–Crippen MR) is 58.2 cm³/mol. The molecular weight excluding hydrogens is 192 g/mol. The first-order chi connectivity index (χ1) is 6.92. The van der Waals surface area contributed by atoms with Crippen molar-refractivity contribution >= 4 is 11.3 Å². The van der Waals surface area contributed by atoms with E-state index in [1.165, 1.54) is 37.2 Å². The van der Waals surface area contributed by atoms with E-state index in [9.17, 15) is 0 Å². The molecule has 0 amide bonds. The molecule has 0 N–H and O–H groups in total. The van der Waals surface area contributed by atoms with E-state index in [0.29, 0.717) is 0 Å². The Balaban J connectivity index is 1.61. The summed E-state index contributed by atoms with van der Waals surface area (Å²) in [7, 11) is 0. The summed E-state index contributed by atoms with van der Waals surface area (Å²) in [5, 5.41) is 0. The van der Waals surface area contributed by atoms with Gasteiger partial charge in [0.1, 0.15) is 0 Å². The molecule has 1 aromatic rings. The van der Waals surface area contributed by atoms with Gasteiger partial charge in [0, 0.05) is 30.7 Å². The van der Waals surface area contributed by atoms with E-state index in [0.717, 1.165) is 18.4 Å². The minimum Gasteiger partial charge on any atom is -0.298 e. The van der Waals surface area contributed by atoms with Crippen LogP contribution in [0.25, 0.3) is 0 Å². The zero-order chi connectivity index (χ0) is 9.38. The molecule has 3 heteroatoms. The summed E-state index contributed by atoms with van der Waals surface area (Å²) in [6.45, 7) is 3.81. The first-order valence-electron chi connectivity index (χ1n) is 5.51. The summed E-state index contributed by atoms with van der Waals surface area (Å²) in [5.74, 6) is 2.03. The van der Waals surface area contributed by atoms with E-state index in [-0.39, 0.29) is 0 Å². The zero-order valence-electron chi connectivity index (χ0n) is 8.35. The van der Waals surface area contributed by atoms with Crippen molar-refractivity contribution in [3.05, 3.63) is 16.6 Å². The van der Waals surface area contributed by atoms with Crippen molar-refractivity contribution in [1.82, 2.24) is 9.88 Å². The third-order valence-corrected chi connectivity index (χ3v) is 4.43. The fraction of sp³-hybridized carbons (Fsp3) is 0.727. The fourth-order valence-corrected chi connectivity index (χ4v) is 3.64. The lowest BCUT2D eigenvalue weighted by atomic mass is 10.0. The zero-order valence-corrected chi connectivity index (χ0v) is 9.17. The van der Waals surface area contributed by atoms with E-state index in [4.69, 9.17) is 0 Å². The highest BCUT2D eigenvalue weighted by Crippen LogP contribution is 2.38. The van der Waals surface area contributed by atoms with Gasteiger partial charge in [-0.1, -0.05) is 6.42 Å². The molecular formula is C11H16N2S. The van der Waals surface area contributed by atoms with Gasteiger partial charge in [0.15, 0.2) is 0 Å². The van der Waals surface area contributed by atoms with Gasteiger partial charge >= 0.3 is 0 Å². The van der Waals surface area contributed by atoms with Gasteiger partial charge in [-0.05, 0) is 24.7 Å². The van der Waals surface area contributed by atoms with E-state index in [1.807, 2.05) is 11.7 Å². The van der Waals surface area contributed by atoms with Crippen molar-refractivity contribution in [2.24, 2.45) is 11.8 Å². The Morgan fingerprint density at radius 2 is 2.14 bits per heavy atom. The van der Waals surface area contributed by atoms with E-state index in [1.54, 1.807) is 11.3 Å². The number of nitrogens with zero attached hydrogens (tertiary/aromatic N) is 2. The normalized spacial score (nSPS) is 32.3. The topological polar surface area (TPSA) is 16.1 Å². The Morgan fingerprint density at radius 3 is 2.79 bits per heavy atom. The van der Waals surface area contributed by atoms with Crippen molar-refractivity contribution in [1.29, 1.82) is 0 Å². The standard InChI is InChI=1S/C11H16N2S/c1-2-9-5-13(6-10(9)3-1)7-11-4-12-8-14-11/h4,8-10H,1-3,5-7H2. The van der Waals surface area contributed by atoms with Gasteiger partial charge in [-0.15, -0.1) is 11.3 Å². The molecule has 1 saturated heterocycles. The van der Waals surface area contributed by atoms with Crippen molar-refractivity contribution in [3.8, 4) is 0 Å². The number of hydrogen-bond donors (Lipinski definition) is 0. The van der Waals surface area contributed by atoms with Gasteiger partial charge in [-0.25, -0.2) is 0 Å². The fourth-order valence-electron chi connectivity index (χ4n) is 3.00. The average molecular weight is 208 g/mol. The van der Waals surface area contributed by atoms with E-state index in [2.05, 4.69) is 9.88 Å². The van der Waals surface area contributed by atoms with Gasteiger partial charge in [-0.3, -0.25) is 9.88 Å². The monoisotopic (exact) mass is 208 g/mol. The Morgan fingerprint density at radius 1 is 1.36 bits per heavy atom.